The fourth-order valence-electron chi connectivity index (χ4n) is 1.73. The molecule has 18 heavy (non-hydrogen) atoms. The van der Waals surface area contributed by atoms with Gasteiger partial charge in [0.2, 0.25) is 0 Å². The topological polar surface area (TPSA) is 64.4 Å². The van der Waals surface area contributed by atoms with Crippen LogP contribution in [0, 0.1) is 10.1 Å². The Hall–Kier alpha value is -1.56. The molecule has 1 unspecified atom stereocenters. The third-order valence-corrected chi connectivity index (χ3v) is 3.37. The van der Waals surface area contributed by atoms with Crippen LogP contribution in [0.5, 0.6) is 0 Å². The Morgan fingerprint density at radius 1 is 1.56 bits per heavy atom. The van der Waals surface area contributed by atoms with Crippen molar-refractivity contribution < 1.29 is 9.66 Å². The number of anilines is 1. The number of nitro groups is 1. The molecule has 1 aliphatic rings. The highest BCUT2D eigenvalue weighted by atomic mass is 79.9. The lowest BCUT2D eigenvalue weighted by atomic mass is 10.1. The first kappa shape index (κ1) is 12.9. The maximum absolute atomic E-state index is 10.8. The van der Waals surface area contributed by atoms with E-state index in [0.717, 1.165) is 18.5 Å². The zero-order valence-electron chi connectivity index (χ0n) is 9.64. The van der Waals surface area contributed by atoms with Gasteiger partial charge in [0.25, 0.3) is 5.69 Å². The van der Waals surface area contributed by atoms with Crippen molar-refractivity contribution in [3.8, 4) is 0 Å². The van der Waals surface area contributed by atoms with Crippen LogP contribution in [-0.2, 0) is 4.74 Å². The van der Waals surface area contributed by atoms with Crippen molar-refractivity contribution in [2.45, 2.75) is 18.9 Å². The van der Waals surface area contributed by atoms with E-state index >= 15 is 0 Å². The summed E-state index contributed by atoms with van der Waals surface area (Å²) in [5.41, 5.74) is 0.785. The highest BCUT2D eigenvalue weighted by Crippen LogP contribution is 2.27. The van der Waals surface area contributed by atoms with Gasteiger partial charge in [0.15, 0.2) is 0 Å². The zero-order chi connectivity index (χ0) is 13.0. The summed E-state index contributed by atoms with van der Waals surface area (Å²) in [6.07, 6.45) is 5.79. The van der Waals surface area contributed by atoms with Crippen LogP contribution in [0.15, 0.2) is 35.0 Å². The average molecular weight is 313 g/mol. The molecule has 0 saturated carbocycles. The largest absolute Gasteiger partial charge is 0.497 e. The molecule has 0 aromatic heterocycles. The minimum absolute atomic E-state index is 0.0597. The van der Waals surface area contributed by atoms with Gasteiger partial charge < -0.3 is 10.1 Å². The summed E-state index contributed by atoms with van der Waals surface area (Å²) in [5, 5.41) is 13.9. The molecule has 1 N–H and O–H groups in total. The second kappa shape index (κ2) is 5.86. The summed E-state index contributed by atoms with van der Waals surface area (Å²) in [4.78, 5) is 10.4. The first-order chi connectivity index (χ1) is 8.66. The van der Waals surface area contributed by atoms with E-state index in [4.69, 9.17) is 4.74 Å². The molecule has 0 radical (unpaired) electrons. The van der Waals surface area contributed by atoms with E-state index in [2.05, 4.69) is 21.2 Å². The Morgan fingerprint density at radius 2 is 2.39 bits per heavy atom. The van der Waals surface area contributed by atoms with E-state index in [0.29, 0.717) is 11.0 Å². The smallest absolute Gasteiger partial charge is 0.285 e. The van der Waals surface area contributed by atoms with Gasteiger partial charge in [-0.05, 0) is 47.0 Å². The molecule has 0 saturated heterocycles. The van der Waals surface area contributed by atoms with Gasteiger partial charge in [-0.15, -0.1) is 0 Å². The summed E-state index contributed by atoms with van der Waals surface area (Å²) >= 11 is 3.16. The van der Waals surface area contributed by atoms with Crippen LogP contribution in [0.3, 0.4) is 0 Å². The van der Waals surface area contributed by atoms with Gasteiger partial charge in [-0.25, -0.2) is 0 Å². The van der Waals surface area contributed by atoms with Crippen molar-refractivity contribution in [1.29, 1.82) is 0 Å². The van der Waals surface area contributed by atoms with Crippen LogP contribution in [0.25, 0.3) is 0 Å². The Bertz CT molecular complexity index is 476. The Balaban J connectivity index is 1.99. The van der Waals surface area contributed by atoms with Gasteiger partial charge in [-0.2, -0.15) is 0 Å². The fourth-order valence-corrected chi connectivity index (χ4v) is 2.12. The predicted octanol–water partition coefficient (Wildman–Crippen LogP) is 3.46. The van der Waals surface area contributed by atoms with Crippen molar-refractivity contribution in [1.82, 2.24) is 0 Å². The molecule has 1 heterocycles. The van der Waals surface area contributed by atoms with Crippen molar-refractivity contribution in [2.75, 3.05) is 11.9 Å². The number of benzene rings is 1. The number of hydrogen-bond acceptors (Lipinski definition) is 4. The average Bonchev–Trinajstić information content (AvgIpc) is 2.38. The molecule has 6 heteroatoms. The first-order valence-electron chi connectivity index (χ1n) is 5.65. The first-order valence-corrected chi connectivity index (χ1v) is 6.44. The van der Waals surface area contributed by atoms with E-state index < -0.39 is 4.92 Å². The normalized spacial score (nSPS) is 18.2. The Morgan fingerprint density at radius 3 is 3.06 bits per heavy atom. The quantitative estimate of drug-likeness (QED) is 0.683. The molecule has 0 aliphatic carbocycles. The lowest BCUT2D eigenvalue weighted by molar-refractivity contribution is -0.385. The highest BCUT2D eigenvalue weighted by Gasteiger charge is 2.14. The third kappa shape index (κ3) is 3.22. The van der Waals surface area contributed by atoms with Gasteiger partial charge >= 0.3 is 0 Å². The van der Waals surface area contributed by atoms with Crippen molar-refractivity contribution in [3.63, 3.8) is 0 Å². The number of nitrogens with zero attached hydrogens (tertiary/aromatic N) is 1. The van der Waals surface area contributed by atoms with Crippen LogP contribution in [-0.4, -0.2) is 17.6 Å². The number of halogens is 1. The molecule has 0 bridgehead atoms. The summed E-state index contributed by atoms with van der Waals surface area (Å²) in [5.74, 6) is 0. The molecule has 0 fully saturated rings. The molecule has 1 aromatic carbocycles. The van der Waals surface area contributed by atoms with E-state index in [1.165, 1.54) is 6.07 Å². The minimum atomic E-state index is -0.408. The molecule has 96 valence electrons. The number of nitrogens with one attached hydrogen (secondary N) is 1. The van der Waals surface area contributed by atoms with E-state index in [9.17, 15) is 10.1 Å². The standard InChI is InChI=1S/C12H13BrN2O3/c13-11-5-4-9(7-12(11)15(16)17)14-8-10-3-1-2-6-18-10/h2,4-7,10,14H,1,3,8H2. The van der Waals surface area contributed by atoms with Crippen molar-refractivity contribution in [2.24, 2.45) is 0 Å². The van der Waals surface area contributed by atoms with Gasteiger partial charge in [0.05, 0.1) is 22.2 Å². The van der Waals surface area contributed by atoms with Crippen LogP contribution < -0.4 is 5.32 Å². The molecule has 0 amide bonds. The molecule has 0 spiro atoms. The summed E-state index contributed by atoms with van der Waals surface area (Å²) in [6.45, 7) is 0.642. The number of rotatable bonds is 4. The van der Waals surface area contributed by atoms with Crippen LogP contribution >= 0.6 is 15.9 Å². The molecule has 2 rings (SSSR count). The molecule has 1 atom stereocenters. The van der Waals surface area contributed by atoms with Crippen LogP contribution in [0.4, 0.5) is 11.4 Å². The van der Waals surface area contributed by atoms with Crippen molar-refractivity contribution >= 4 is 27.3 Å². The van der Waals surface area contributed by atoms with E-state index in [1.807, 2.05) is 6.08 Å². The summed E-state index contributed by atoms with van der Waals surface area (Å²) in [6, 6.07) is 4.99. The predicted molar refractivity (Wildman–Crippen MR) is 72.5 cm³/mol. The highest BCUT2D eigenvalue weighted by molar-refractivity contribution is 9.10. The third-order valence-electron chi connectivity index (χ3n) is 2.70. The molecule has 1 aromatic rings. The second-order valence-electron chi connectivity index (χ2n) is 4.01. The van der Waals surface area contributed by atoms with E-state index in [-0.39, 0.29) is 11.8 Å². The minimum Gasteiger partial charge on any atom is -0.497 e. The lowest BCUT2D eigenvalue weighted by Crippen LogP contribution is -2.22. The van der Waals surface area contributed by atoms with Crippen LogP contribution in [0.1, 0.15) is 12.8 Å². The molecular weight excluding hydrogens is 300 g/mol. The number of nitro benzene ring substituents is 1. The molecular formula is C12H13BrN2O3. The summed E-state index contributed by atoms with van der Waals surface area (Å²) < 4.78 is 5.90. The second-order valence-corrected chi connectivity index (χ2v) is 4.87. The Labute approximate surface area is 113 Å². The van der Waals surface area contributed by atoms with Gasteiger partial charge in [0, 0.05) is 11.8 Å². The maximum atomic E-state index is 10.8. The number of hydrogen-bond donors (Lipinski definition) is 1. The van der Waals surface area contributed by atoms with Gasteiger partial charge in [-0.1, -0.05) is 0 Å². The Kier molecular flexibility index (Phi) is 4.19. The summed E-state index contributed by atoms with van der Waals surface area (Å²) in [7, 11) is 0. The maximum Gasteiger partial charge on any atom is 0.285 e. The van der Waals surface area contributed by atoms with Gasteiger partial charge in [0.1, 0.15) is 6.10 Å². The lowest BCUT2D eigenvalue weighted by Gasteiger charge is -2.20. The SMILES string of the molecule is O=[N+]([O-])c1cc(NCC2CCC=CO2)ccc1Br. The van der Waals surface area contributed by atoms with Gasteiger partial charge in [-0.3, -0.25) is 10.1 Å². The fraction of sp³-hybridized carbons (Fsp3) is 0.333. The van der Waals surface area contributed by atoms with E-state index in [1.54, 1.807) is 18.4 Å². The van der Waals surface area contributed by atoms with Crippen molar-refractivity contribution in [3.05, 3.63) is 45.1 Å². The number of allylic oxidation sites excluding steroid dienone is 1. The molecule has 1 aliphatic heterocycles. The zero-order valence-corrected chi connectivity index (χ0v) is 11.2. The molecule has 5 nitrogen and oxygen atoms in total. The monoisotopic (exact) mass is 312 g/mol. The van der Waals surface area contributed by atoms with Crippen LogP contribution in [0.2, 0.25) is 0 Å². The number of ether oxygens (including phenoxy) is 1.